The molecule has 0 radical (unpaired) electrons. The van der Waals surface area contributed by atoms with Crippen molar-refractivity contribution in [3.05, 3.63) is 90.0 Å². The van der Waals surface area contributed by atoms with Crippen LogP contribution in [-0.2, 0) is 16.1 Å². The van der Waals surface area contributed by atoms with Crippen LogP contribution in [-0.4, -0.2) is 47.6 Å². The number of phenols is 1. The van der Waals surface area contributed by atoms with Gasteiger partial charge in [0.05, 0.1) is 7.11 Å². The van der Waals surface area contributed by atoms with Crippen molar-refractivity contribution in [1.82, 2.24) is 10.2 Å². The lowest BCUT2D eigenvalue weighted by molar-refractivity contribution is -0.146. The molecule has 1 fully saturated rings. The molecule has 2 N–H and O–H groups in total. The lowest BCUT2D eigenvalue weighted by Crippen LogP contribution is -2.37. The van der Waals surface area contributed by atoms with E-state index in [2.05, 4.69) is 5.32 Å². The Morgan fingerprint density at radius 2 is 1.69 bits per heavy atom. The highest BCUT2D eigenvalue weighted by Crippen LogP contribution is 2.26. The van der Waals surface area contributed by atoms with Crippen molar-refractivity contribution in [1.29, 1.82) is 0 Å². The van der Waals surface area contributed by atoms with Crippen LogP contribution in [0.5, 0.6) is 5.75 Å². The first-order chi connectivity index (χ1) is 15.5. The molecule has 6 nitrogen and oxygen atoms in total. The third-order valence-corrected chi connectivity index (χ3v) is 5.79. The number of esters is 1. The van der Waals surface area contributed by atoms with Crippen LogP contribution in [0, 0.1) is 0 Å². The highest BCUT2D eigenvalue weighted by Gasteiger charge is 2.38. The van der Waals surface area contributed by atoms with Crippen LogP contribution < -0.4 is 5.32 Å². The van der Waals surface area contributed by atoms with E-state index in [1.54, 1.807) is 12.1 Å². The molecule has 164 valence electrons. The standard InChI is InChI=1S/C26H26N2O4/c1-32-26(31)24-15-20(17-28(24)16-18-11-13-21(29)14-12-18)27-25(30)23-10-6-5-9-22(23)19-7-3-2-4-8-19/h2-14,20,24,29H,15-17H2,1H3,(H,27,30)/t20-,24+/m1/s1. The van der Waals surface area contributed by atoms with Gasteiger partial charge in [0.15, 0.2) is 0 Å². The molecule has 0 spiro atoms. The summed E-state index contributed by atoms with van der Waals surface area (Å²) in [6, 6.07) is 23.6. The topological polar surface area (TPSA) is 78.9 Å². The van der Waals surface area contributed by atoms with E-state index in [-0.39, 0.29) is 23.7 Å². The number of methoxy groups -OCH3 is 1. The van der Waals surface area contributed by atoms with Gasteiger partial charge in [-0.3, -0.25) is 14.5 Å². The van der Waals surface area contributed by atoms with Gasteiger partial charge in [0, 0.05) is 24.7 Å². The third kappa shape index (κ3) is 4.81. The van der Waals surface area contributed by atoms with E-state index in [0.29, 0.717) is 25.1 Å². The third-order valence-electron chi connectivity index (χ3n) is 5.79. The number of rotatable bonds is 6. The monoisotopic (exact) mass is 430 g/mol. The summed E-state index contributed by atoms with van der Waals surface area (Å²) in [5.41, 5.74) is 3.42. The van der Waals surface area contributed by atoms with Crippen LogP contribution >= 0.6 is 0 Å². The van der Waals surface area contributed by atoms with Crippen molar-refractivity contribution in [3.63, 3.8) is 0 Å². The largest absolute Gasteiger partial charge is 0.508 e. The van der Waals surface area contributed by atoms with E-state index in [1.807, 2.05) is 71.6 Å². The Morgan fingerprint density at radius 1 is 1.00 bits per heavy atom. The van der Waals surface area contributed by atoms with Crippen molar-refractivity contribution in [2.45, 2.75) is 25.0 Å². The Morgan fingerprint density at radius 3 is 2.41 bits per heavy atom. The minimum atomic E-state index is -0.441. The molecule has 2 atom stereocenters. The number of likely N-dealkylation sites (tertiary alicyclic amines) is 1. The van der Waals surface area contributed by atoms with Gasteiger partial charge < -0.3 is 15.2 Å². The number of carbonyl (C=O) groups is 2. The van der Waals surface area contributed by atoms with E-state index >= 15 is 0 Å². The fourth-order valence-electron chi connectivity index (χ4n) is 4.21. The molecular formula is C26H26N2O4. The molecule has 0 unspecified atom stereocenters. The highest BCUT2D eigenvalue weighted by atomic mass is 16.5. The van der Waals surface area contributed by atoms with Crippen LogP contribution in [0.3, 0.4) is 0 Å². The van der Waals surface area contributed by atoms with Crippen LogP contribution in [0.25, 0.3) is 11.1 Å². The number of carbonyl (C=O) groups excluding carboxylic acids is 2. The van der Waals surface area contributed by atoms with Crippen LogP contribution in [0.1, 0.15) is 22.3 Å². The zero-order valence-electron chi connectivity index (χ0n) is 17.9. The predicted octanol–water partition coefficient (Wildman–Crippen LogP) is 3.61. The first-order valence-corrected chi connectivity index (χ1v) is 10.6. The summed E-state index contributed by atoms with van der Waals surface area (Å²) < 4.78 is 5.00. The molecule has 3 aromatic carbocycles. The van der Waals surface area contributed by atoms with E-state index in [4.69, 9.17) is 4.74 Å². The number of aromatic hydroxyl groups is 1. The number of benzene rings is 3. The zero-order chi connectivity index (χ0) is 22.5. The Bertz CT molecular complexity index is 1080. The van der Waals surface area contributed by atoms with Gasteiger partial charge in [0.1, 0.15) is 11.8 Å². The van der Waals surface area contributed by atoms with Crippen molar-refractivity contribution in [2.75, 3.05) is 13.7 Å². The number of amides is 1. The molecule has 0 aromatic heterocycles. The first-order valence-electron chi connectivity index (χ1n) is 10.6. The molecule has 3 aromatic rings. The van der Waals surface area contributed by atoms with Crippen molar-refractivity contribution in [2.24, 2.45) is 0 Å². The Labute approximate surface area is 187 Å². The van der Waals surface area contributed by atoms with Crippen LogP contribution in [0.15, 0.2) is 78.9 Å². The number of nitrogens with one attached hydrogen (secondary N) is 1. The molecule has 0 saturated carbocycles. The smallest absolute Gasteiger partial charge is 0.323 e. The summed E-state index contributed by atoms with van der Waals surface area (Å²) in [6.45, 7) is 1.05. The molecule has 1 aliphatic rings. The molecule has 32 heavy (non-hydrogen) atoms. The van der Waals surface area contributed by atoms with E-state index < -0.39 is 6.04 Å². The van der Waals surface area contributed by atoms with Gasteiger partial charge >= 0.3 is 5.97 Å². The maximum Gasteiger partial charge on any atom is 0.323 e. The summed E-state index contributed by atoms with van der Waals surface area (Å²) in [7, 11) is 1.38. The average Bonchev–Trinajstić information content (AvgIpc) is 3.22. The molecule has 1 heterocycles. The van der Waals surface area contributed by atoms with Crippen molar-refractivity contribution < 1.29 is 19.4 Å². The second-order valence-electron chi connectivity index (χ2n) is 7.95. The molecule has 6 heteroatoms. The van der Waals surface area contributed by atoms with Crippen LogP contribution in [0.4, 0.5) is 0 Å². The highest BCUT2D eigenvalue weighted by molar-refractivity contribution is 6.01. The second kappa shape index (κ2) is 9.66. The minimum absolute atomic E-state index is 0.162. The summed E-state index contributed by atoms with van der Waals surface area (Å²) in [5, 5.41) is 12.6. The fourth-order valence-corrected chi connectivity index (χ4v) is 4.21. The first kappa shape index (κ1) is 21.6. The Kier molecular flexibility index (Phi) is 6.52. The quantitative estimate of drug-likeness (QED) is 0.584. The van der Waals surface area contributed by atoms with Gasteiger partial charge in [0.25, 0.3) is 5.91 Å². The summed E-state index contributed by atoms with van der Waals surface area (Å²) >= 11 is 0. The molecular weight excluding hydrogens is 404 g/mol. The summed E-state index contributed by atoms with van der Waals surface area (Å²) in [4.78, 5) is 27.6. The number of hydrogen-bond acceptors (Lipinski definition) is 5. The lowest BCUT2D eigenvalue weighted by Gasteiger charge is -2.22. The average molecular weight is 431 g/mol. The van der Waals surface area contributed by atoms with Gasteiger partial charge in [-0.05, 0) is 41.3 Å². The lowest BCUT2D eigenvalue weighted by atomic mass is 9.99. The van der Waals surface area contributed by atoms with Gasteiger partial charge in [-0.2, -0.15) is 0 Å². The predicted molar refractivity (Wildman–Crippen MR) is 122 cm³/mol. The van der Waals surface area contributed by atoms with E-state index in [9.17, 15) is 14.7 Å². The minimum Gasteiger partial charge on any atom is -0.508 e. The van der Waals surface area contributed by atoms with Gasteiger partial charge in [-0.25, -0.2) is 0 Å². The Hall–Kier alpha value is -3.64. The number of hydrogen-bond donors (Lipinski definition) is 2. The molecule has 4 rings (SSSR count). The SMILES string of the molecule is COC(=O)[C@@H]1C[C@@H](NC(=O)c2ccccc2-c2ccccc2)CN1Cc1ccc(O)cc1. The van der Waals surface area contributed by atoms with Gasteiger partial charge in [0.2, 0.25) is 0 Å². The van der Waals surface area contributed by atoms with Crippen LogP contribution in [0.2, 0.25) is 0 Å². The summed E-state index contributed by atoms with van der Waals surface area (Å²) in [6.07, 6.45) is 0.476. The summed E-state index contributed by atoms with van der Waals surface area (Å²) in [5.74, 6) is -0.281. The van der Waals surface area contributed by atoms with Gasteiger partial charge in [-0.1, -0.05) is 60.7 Å². The maximum atomic E-state index is 13.2. The van der Waals surface area contributed by atoms with E-state index in [0.717, 1.165) is 16.7 Å². The maximum absolute atomic E-state index is 13.2. The number of ether oxygens (including phenoxy) is 1. The fraction of sp³-hybridized carbons (Fsp3) is 0.231. The number of phenolic OH excluding ortho intramolecular Hbond substituents is 1. The molecule has 0 aliphatic carbocycles. The number of nitrogens with zero attached hydrogens (tertiary/aromatic N) is 1. The Balaban J connectivity index is 1.50. The molecule has 1 saturated heterocycles. The molecule has 1 aliphatic heterocycles. The molecule has 1 amide bonds. The second-order valence-corrected chi connectivity index (χ2v) is 7.95. The zero-order valence-corrected chi connectivity index (χ0v) is 17.9. The molecule has 0 bridgehead atoms. The normalized spacial score (nSPS) is 18.3. The van der Waals surface area contributed by atoms with Gasteiger partial charge in [-0.15, -0.1) is 0 Å². The van der Waals surface area contributed by atoms with Crippen molar-refractivity contribution in [3.8, 4) is 16.9 Å². The van der Waals surface area contributed by atoms with E-state index in [1.165, 1.54) is 7.11 Å². The van der Waals surface area contributed by atoms with Crippen molar-refractivity contribution >= 4 is 11.9 Å².